The van der Waals surface area contributed by atoms with E-state index in [0.29, 0.717) is 57.7 Å². The minimum atomic E-state index is -0.607. The molecule has 4 N–H and O–H groups in total. The molecule has 2 amide bonds. The van der Waals surface area contributed by atoms with E-state index in [2.05, 4.69) is 25.6 Å². The Morgan fingerprint density at radius 2 is 1.81 bits per heavy atom. The van der Waals surface area contributed by atoms with Crippen LogP contribution < -0.4 is 10.6 Å². The number of aromatic nitrogens is 3. The maximum Gasteiger partial charge on any atom is 0.303 e. The summed E-state index contributed by atoms with van der Waals surface area (Å²) in [5.41, 5.74) is 1.57. The van der Waals surface area contributed by atoms with Crippen molar-refractivity contribution in [2.75, 3.05) is 10.6 Å². The lowest BCUT2D eigenvalue weighted by Crippen LogP contribution is -2.60. The third-order valence-corrected chi connectivity index (χ3v) is 9.02. The van der Waals surface area contributed by atoms with Crippen molar-refractivity contribution in [3.8, 4) is 17.1 Å². The molecule has 2 aromatic carbocycles. The minimum Gasteiger partial charge on any atom is -0.506 e. The van der Waals surface area contributed by atoms with Crippen LogP contribution in [0.25, 0.3) is 22.4 Å². The molecule has 8 rings (SSSR count). The number of anilines is 2. The number of nitrogens with zero attached hydrogens (tertiary/aromatic N) is 2. The Balaban J connectivity index is 1.09. The number of carbonyl (C=O) groups is 3. The second-order valence-electron chi connectivity index (χ2n) is 12.2. The zero-order chi connectivity index (χ0) is 29.1. The van der Waals surface area contributed by atoms with Crippen LogP contribution in [0.15, 0.2) is 60.8 Å². The number of nitrogens with one attached hydrogen (secondary N) is 3. The van der Waals surface area contributed by atoms with Gasteiger partial charge in [-0.3, -0.25) is 14.4 Å². The Hall–Kier alpha value is -4.73. The van der Waals surface area contributed by atoms with Crippen LogP contribution in [0.3, 0.4) is 0 Å². The van der Waals surface area contributed by atoms with Crippen molar-refractivity contribution in [1.82, 2.24) is 15.0 Å². The average molecular weight is 566 g/mol. The first-order chi connectivity index (χ1) is 20.2. The molecular weight excluding hydrogens is 534 g/mol. The van der Waals surface area contributed by atoms with E-state index in [1.807, 2.05) is 0 Å². The smallest absolute Gasteiger partial charge is 0.303 e. The molecule has 2 unspecified atom stereocenters. The molecule has 4 saturated carbocycles. The first kappa shape index (κ1) is 26.2. The van der Waals surface area contributed by atoms with Crippen molar-refractivity contribution in [1.29, 1.82) is 0 Å². The molecule has 4 aliphatic carbocycles. The monoisotopic (exact) mass is 565 g/mol. The Morgan fingerprint density at radius 1 is 1.00 bits per heavy atom. The fourth-order valence-corrected chi connectivity index (χ4v) is 7.82. The number of amides is 2. The van der Waals surface area contributed by atoms with Crippen molar-refractivity contribution in [2.24, 2.45) is 17.3 Å². The fourth-order valence-electron chi connectivity index (χ4n) is 7.82. The van der Waals surface area contributed by atoms with Crippen LogP contribution in [-0.2, 0) is 14.3 Å². The van der Waals surface area contributed by atoms with Gasteiger partial charge in [-0.15, -0.1) is 0 Å². The number of aromatic hydroxyl groups is 1. The number of esters is 1. The van der Waals surface area contributed by atoms with Crippen molar-refractivity contribution in [3.63, 3.8) is 0 Å². The highest BCUT2D eigenvalue weighted by Gasteiger charge is 2.62. The molecule has 4 aromatic rings. The van der Waals surface area contributed by atoms with Gasteiger partial charge in [0.05, 0.1) is 22.1 Å². The first-order valence-electron chi connectivity index (χ1n) is 14.3. The summed E-state index contributed by atoms with van der Waals surface area (Å²) in [5.74, 6) is 0.918. The lowest BCUT2D eigenvalue weighted by molar-refractivity contribution is -0.200. The predicted molar refractivity (Wildman–Crippen MR) is 156 cm³/mol. The van der Waals surface area contributed by atoms with Crippen molar-refractivity contribution in [3.05, 3.63) is 66.4 Å². The van der Waals surface area contributed by atoms with Crippen LogP contribution in [0.5, 0.6) is 5.75 Å². The molecule has 4 atom stereocenters. The molecule has 0 radical (unpaired) electrons. The summed E-state index contributed by atoms with van der Waals surface area (Å²) in [6.45, 7) is 1.44. The molecule has 10 nitrogen and oxygen atoms in total. The molecule has 0 spiro atoms. The normalized spacial score (nSPS) is 25.7. The molecule has 4 fully saturated rings. The predicted octanol–water partition coefficient (Wildman–Crippen LogP) is 5.42. The van der Waals surface area contributed by atoms with Gasteiger partial charge in [0, 0.05) is 30.7 Å². The van der Waals surface area contributed by atoms with E-state index in [1.54, 1.807) is 60.8 Å². The number of rotatable bonds is 6. The van der Waals surface area contributed by atoms with Gasteiger partial charge in [-0.2, -0.15) is 0 Å². The number of pyridine rings is 1. The highest BCUT2D eigenvalue weighted by Crippen LogP contribution is 2.63. The van der Waals surface area contributed by atoms with Crippen molar-refractivity contribution >= 4 is 40.3 Å². The molecule has 0 saturated heterocycles. The van der Waals surface area contributed by atoms with Crippen LogP contribution in [0.2, 0.25) is 0 Å². The largest absolute Gasteiger partial charge is 0.506 e. The van der Waals surface area contributed by atoms with Gasteiger partial charge in [-0.1, -0.05) is 6.07 Å². The lowest BCUT2D eigenvalue weighted by Gasteiger charge is -2.60. The SMILES string of the molecule is CC(=O)OC12C[C@H]3C[C@@H](C1)CC(C(=O)Nc1ccc(-c4nc5ccc(C(=O)Nc6ccccn6)cc5[nH]4)cc1O)(C3)C2. The number of phenolic OH excluding ortho intramolecular Hbond substituents is 1. The Labute approximate surface area is 241 Å². The van der Waals surface area contributed by atoms with Crippen molar-refractivity contribution < 1.29 is 24.2 Å². The zero-order valence-corrected chi connectivity index (χ0v) is 23.1. The topological polar surface area (TPSA) is 146 Å². The number of phenols is 1. The van der Waals surface area contributed by atoms with Gasteiger partial charge >= 0.3 is 5.97 Å². The number of benzene rings is 2. The number of carbonyl (C=O) groups excluding carboxylic acids is 3. The molecule has 2 heterocycles. The Bertz CT molecular complexity index is 1720. The minimum absolute atomic E-state index is 0.0730. The number of hydrogen-bond donors (Lipinski definition) is 4. The van der Waals surface area contributed by atoms with Gasteiger partial charge in [0.1, 0.15) is 23.0 Å². The van der Waals surface area contributed by atoms with Gasteiger partial charge in [0.25, 0.3) is 5.91 Å². The molecule has 0 aliphatic heterocycles. The fraction of sp³-hybridized carbons (Fsp3) is 0.344. The standard InChI is InChI=1S/C32H31N5O5/c1-18(38)42-32-15-19-10-20(16-32)14-31(13-19,17-32)30(41)36-24-8-5-21(12-26(24)39)28-34-23-7-6-22(11-25(23)35-28)29(40)37-27-4-2-3-9-33-27/h2-9,11-12,19-20,39H,10,13-17H2,1H3,(H,34,35)(H,36,41)(H,33,37,40)/t19-,20+,31?,32?. The van der Waals surface area contributed by atoms with E-state index in [-0.39, 0.29) is 23.5 Å². The molecule has 214 valence electrons. The van der Waals surface area contributed by atoms with Crippen molar-refractivity contribution in [2.45, 2.75) is 51.0 Å². The maximum absolute atomic E-state index is 13.7. The van der Waals surface area contributed by atoms with E-state index in [4.69, 9.17) is 4.74 Å². The van der Waals surface area contributed by atoms with Crippen LogP contribution in [0, 0.1) is 17.3 Å². The van der Waals surface area contributed by atoms with Gasteiger partial charge in [0.15, 0.2) is 0 Å². The number of aromatic amines is 1. The Kier molecular flexibility index (Phi) is 6.04. The number of H-pyrrole nitrogens is 1. The maximum atomic E-state index is 13.7. The highest BCUT2D eigenvalue weighted by molar-refractivity contribution is 6.05. The number of fused-ring (bicyclic) bond motifs is 1. The molecule has 2 aromatic heterocycles. The second-order valence-corrected chi connectivity index (χ2v) is 12.2. The number of ether oxygens (including phenoxy) is 1. The lowest BCUT2D eigenvalue weighted by atomic mass is 9.47. The molecular formula is C32H31N5O5. The molecule has 4 bridgehead atoms. The van der Waals surface area contributed by atoms with E-state index < -0.39 is 11.0 Å². The van der Waals surface area contributed by atoms with E-state index in [9.17, 15) is 19.5 Å². The van der Waals surface area contributed by atoms with Gasteiger partial charge in [-0.25, -0.2) is 9.97 Å². The van der Waals surface area contributed by atoms with E-state index in [0.717, 1.165) is 32.1 Å². The van der Waals surface area contributed by atoms with Gasteiger partial charge < -0.3 is 25.5 Å². The summed E-state index contributed by atoms with van der Waals surface area (Å²) in [7, 11) is 0. The summed E-state index contributed by atoms with van der Waals surface area (Å²) in [5, 5.41) is 16.6. The second kappa shape index (κ2) is 9.68. The van der Waals surface area contributed by atoms with Crippen LogP contribution in [0.4, 0.5) is 11.5 Å². The average Bonchev–Trinajstić information content (AvgIpc) is 3.37. The summed E-state index contributed by atoms with van der Waals surface area (Å²) >= 11 is 0. The third kappa shape index (κ3) is 4.66. The van der Waals surface area contributed by atoms with Crippen LogP contribution >= 0.6 is 0 Å². The first-order valence-corrected chi connectivity index (χ1v) is 14.3. The molecule has 42 heavy (non-hydrogen) atoms. The van der Waals surface area contributed by atoms with Crippen LogP contribution in [-0.4, -0.2) is 43.4 Å². The van der Waals surface area contributed by atoms with E-state index in [1.165, 1.54) is 6.92 Å². The summed E-state index contributed by atoms with van der Waals surface area (Å²) in [4.78, 5) is 50.2. The quantitative estimate of drug-likeness (QED) is 0.180. The summed E-state index contributed by atoms with van der Waals surface area (Å²) in [6, 6.07) is 15.5. The van der Waals surface area contributed by atoms with E-state index >= 15 is 0 Å². The van der Waals surface area contributed by atoms with Gasteiger partial charge in [0.2, 0.25) is 5.91 Å². The molecule has 4 aliphatic rings. The summed E-state index contributed by atoms with van der Waals surface area (Å²) < 4.78 is 5.83. The van der Waals surface area contributed by atoms with Crippen LogP contribution in [0.1, 0.15) is 55.8 Å². The summed E-state index contributed by atoms with van der Waals surface area (Å²) in [6.07, 6.45) is 6.41. The number of hydrogen-bond acceptors (Lipinski definition) is 7. The highest BCUT2D eigenvalue weighted by atomic mass is 16.6. The number of imidazole rings is 1. The third-order valence-electron chi connectivity index (χ3n) is 9.02. The zero-order valence-electron chi connectivity index (χ0n) is 23.1. The van der Waals surface area contributed by atoms with Gasteiger partial charge in [-0.05, 0) is 92.5 Å². The Morgan fingerprint density at radius 3 is 2.52 bits per heavy atom. The molecule has 10 heteroatoms.